The number of rotatable bonds is 8. The minimum Gasteiger partial charge on any atom is -0.591 e. The van der Waals surface area contributed by atoms with Gasteiger partial charge in [-0.25, -0.2) is 8.78 Å². The van der Waals surface area contributed by atoms with Crippen LogP contribution in [0.3, 0.4) is 0 Å². The first kappa shape index (κ1) is 20.7. The second-order valence-electron chi connectivity index (χ2n) is 6.14. The molecule has 1 unspecified atom stereocenters. The molecule has 3 nitrogen and oxygen atoms in total. The molecule has 0 N–H and O–H groups in total. The maximum absolute atomic E-state index is 13.2. The molecule has 1 atom stereocenters. The molecule has 0 amide bonds. The highest BCUT2D eigenvalue weighted by molar-refractivity contribution is 7.91. The Morgan fingerprint density at radius 3 is 2.67 bits per heavy atom. The molecule has 0 saturated heterocycles. The Balaban J connectivity index is 3.20. The van der Waals surface area contributed by atoms with E-state index in [2.05, 4.69) is 4.40 Å². The molecule has 0 aromatic heterocycles. The minimum atomic E-state index is -2.66. The first-order valence-corrected chi connectivity index (χ1v) is 8.87. The molecule has 0 aliphatic heterocycles. The van der Waals surface area contributed by atoms with E-state index in [9.17, 15) is 13.3 Å². The highest BCUT2D eigenvalue weighted by atomic mass is 32.2. The van der Waals surface area contributed by atoms with Gasteiger partial charge in [0.1, 0.15) is 23.4 Å². The zero-order valence-electron chi connectivity index (χ0n) is 14.5. The summed E-state index contributed by atoms with van der Waals surface area (Å²) in [5.41, 5.74) is 0.956. The van der Waals surface area contributed by atoms with Crippen LogP contribution in [0.15, 0.2) is 22.6 Å². The van der Waals surface area contributed by atoms with Gasteiger partial charge in [0.25, 0.3) is 6.43 Å². The standard InChI is InChI=1S/C17H22BF2N2OS/c1-12(22-24(23)17(2,3)9-10-18-4)13-6-5-7-15(16(19)20)14(13)8-11-21/h5-7,16H,8-10H2,1-4H3. The van der Waals surface area contributed by atoms with Crippen molar-refractivity contribution in [2.75, 3.05) is 0 Å². The molecule has 24 heavy (non-hydrogen) atoms. The normalized spacial score (nSPS) is 13.7. The van der Waals surface area contributed by atoms with Gasteiger partial charge < -0.3 is 4.55 Å². The van der Waals surface area contributed by atoms with E-state index < -0.39 is 22.5 Å². The number of nitrogens with zero attached hydrogens (tertiary/aromatic N) is 2. The number of alkyl halides is 2. The van der Waals surface area contributed by atoms with E-state index >= 15 is 0 Å². The molecule has 1 radical (unpaired) electrons. The largest absolute Gasteiger partial charge is 0.591 e. The fraction of sp³-hybridized carbons (Fsp3) is 0.529. The highest BCUT2D eigenvalue weighted by Crippen LogP contribution is 2.28. The number of nitriles is 1. The first-order chi connectivity index (χ1) is 11.2. The van der Waals surface area contributed by atoms with Crippen molar-refractivity contribution in [1.29, 1.82) is 5.26 Å². The monoisotopic (exact) mass is 351 g/mol. The van der Waals surface area contributed by atoms with Crippen molar-refractivity contribution < 1.29 is 13.3 Å². The Kier molecular flexibility index (Phi) is 7.91. The molecule has 0 spiro atoms. The molecule has 129 valence electrons. The predicted octanol–water partition coefficient (Wildman–Crippen LogP) is 4.50. The Labute approximate surface area is 146 Å². The van der Waals surface area contributed by atoms with Gasteiger partial charge in [0.05, 0.1) is 18.2 Å². The summed E-state index contributed by atoms with van der Waals surface area (Å²) in [4.78, 5) is 0. The third-order valence-electron chi connectivity index (χ3n) is 3.82. The van der Waals surface area contributed by atoms with Crippen molar-refractivity contribution in [2.24, 2.45) is 4.40 Å². The lowest BCUT2D eigenvalue weighted by Gasteiger charge is -2.24. The Bertz CT molecular complexity index is 630. The average Bonchev–Trinajstić information content (AvgIpc) is 2.53. The molecule has 7 heteroatoms. The van der Waals surface area contributed by atoms with E-state index in [4.69, 9.17) is 5.26 Å². The topological polar surface area (TPSA) is 59.2 Å². The number of hydrogen-bond donors (Lipinski definition) is 0. The summed E-state index contributed by atoms with van der Waals surface area (Å²) in [6.07, 6.45) is -1.25. The summed E-state index contributed by atoms with van der Waals surface area (Å²) in [5.74, 6) is 0. The van der Waals surface area contributed by atoms with E-state index in [-0.39, 0.29) is 17.5 Å². The first-order valence-electron chi connectivity index (χ1n) is 7.77. The maximum Gasteiger partial charge on any atom is 0.264 e. The van der Waals surface area contributed by atoms with Crippen molar-refractivity contribution in [3.05, 3.63) is 34.9 Å². The summed E-state index contributed by atoms with van der Waals surface area (Å²) in [5, 5.41) is 8.94. The Morgan fingerprint density at radius 1 is 1.46 bits per heavy atom. The van der Waals surface area contributed by atoms with E-state index in [0.717, 1.165) is 12.7 Å². The van der Waals surface area contributed by atoms with Gasteiger partial charge in [-0.15, -0.1) is 0 Å². The number of benzene rings is 1. The van der Waals surface area contributed by atoms with Gasteiger partial charge in [0.2, 0.25) is 0 Å². The van der Waals surface area contributed by atoms with E-state index in [1.165, 1.54) is 12.1 Å². The molecule has 0 aliphatic rings. The highest BCUT2D eigenvalue weighted by Gasteiger charge is 2.32. The van der Waals surface area contributed by atoms with E-state index in [0.29, 0.717) is 11.3 Å². The van der Waals surface area contributed by atoms with Crippen molar-refractivity contribution >= 4 is 24.4 Å². The lowest BCUT2D eigenvalue weighted by molar-refractivity contribution is 0.150. The molecule has 1 aromatic carbocycles. The van der Waals surface area contributed by atoms with Crippen LogP contribution in [0.5, 0.6) is 0 Å². The van der Waals surface area contributed by atoms with Gasteiger partial charge in [-0.05, 0) is 32.8 Å². The molecule has 0 aliphatic carbocycles. The van der Waals surface area contributed by atoms with Crippen molar-refractivity contribution in [2.45, 2.75) is 57.9 Å². The van der Waals surface area contributed by atoms with Gasteiger partial charge in [0, 0.05) is 11.1 Å². The predicted molar refractivity (Wildman–Crippen MR) is 96.2 cm³/mol. The lowest BCUT2D eigenvalue weighted by atomic mass is 9.75. The van der Waals surface area contributed by atoms with Crippen molar-refractivity contribution in [1.82, 2.24) is 0 Å². The SMILES string of the molecule is C[B]CCC(C)(C)[S+]([O-])N=C(C)c1cccc(C(F)F)c1CC#N. The second kappa shape index (κ2) is 9.19. The average molecular weight is 351 g/mol. The van der Waals surface area contributed by atoms with Crippen LogP contribution in [0.4, 0.5) is 8.78 Å². The Hall–Kier alpha value is -1.39. The van der Waals surface area contributed by atoms with Gasteiger partial charge >= 0.3 is 0 Å². The fourth-order valence-electron chi connectivity index (χ4n) is 2.30. The smallest absolute Gasteiger partial charge is 0.264 e. The van der Waals surface area contributed by atoms with Crippen LogP contribution in [-0.2, 0) is 17.8 Å². The summed E-state index contributed by atoms with van der Waals surface area (Å²) in [7, 11) is 2.01. The van der Waals surface area contributed by atoms with Gasteiger partial charge in [-0.2, -0.15) is 5.26 Å². The van der Waals surface area contributed by atoms with Crippen LogP contribution in [-0.4, -0.2) is 22.3 Å². The third-order valence-corrected chi connectivity index (χ3v) is 5.41. The molecule has 0 fully saturated rings. The summed E-state index contributed by atoms with van der Waals surface area (Å²) < 4.78 is 42.6. The molecule has 1 rings (SSSR count). The molecular weight excluding hydrogens is 329 g/mol. The quantitative estimate of drug-likeness (QED) is 0.393. The van der Waals surface area contributed by atoms with E-state index in [1.807, 2.05) is 34.0 Å². The van der Waals surface area contributed by atoms with Crippen molar-refractivity contribution in [3.63, 3.8) is 0 Å². The lowest BCUT2D eigenvalue weighted by Crippen LogP contribution is -2.31. The van der Waals surface area contributed by atoms with Crippen LogP contribution in [0.25, 0.3) is 0 Å². The van der Waals surface area contributed by atoms with Gasteiger partial charge in [-0.3, -0.25) is 0 Å². The minimum absolute atomic E-state index is 0.135. The van der Waals surface area contributed by atoms with Crippen LogP contribution in [0, 0.1) is 11.3 Å². The van der Waals surface area contributed by atoms with Gasteiger partial charge in [-0.1, -0.05) is 35.7 Å². The molecule has 1 aromatic rings. The number of halogens is 2. The number of hydrogen-bond acceptors (Lipinski definition) is 3. The van der Waals surface area contributed by atoms with E-state index in [1.54, 1.807) is 13.0 Å². The zero-order valence-corrected chi connectivity index (χ0v) is 15.3. The third kappa shape index (κ3) is 5.32. The zero-order chi connectivity index (χ0) is 18.3. The Morgan fingerprint density at radius 2 is 2.12 bits per heavy atom. The molecule has 0 bridgehead atoms. The van der Waals surface area contributed by atoms with Gasteiger partial charge in [0.15, 0.2) is 0 Å². The van der Waals surface area contributed by atoms with Crippen LogP contribution >= 0.6 is 0 Å². The summed E-state index contributed by atoms with van der Waals surface area (Å²) in [6.45, 7) is 7.33. The fourth-order valence-corrected chi connectivity index (χ4v) is 3.19. The van der Waals surface area contributed by atoms with Crippen LogP contribution in [0.2, 0.25) is 13.1 Å². The summed E-state index contributed by atoms with van der Waals surface area (Å²) in [6, 6.07) is 6.38. The van der Waals surface area contributed by atoms with Crippen LogP contribution in [0.1, 0.15) is 50.3 Å². The van der Waals surface area contributed by atoms with Crippen LogP contribution < -0.4 is 0 Å². The molecule has 0 saturated carbocycles. The molecule has 0 heterocycles. The summed E-state index contributed by atoms with van der Waals surface area (Å²) >= 11 is -1.49. The second-order valence-corrected chi connectivity index (χ2v) is 7.93. The maximum atomic E-state index is 13.2. The molecular formula is C17H22BF2N2OS. The van der Waals surface area contributed by atoms with Crippen molar-refractivity contribution in [3.8, 4) is 6.07 Å².